The van der Waals surface area contributed by atoms with Crippen LogP contribution < -0.4 is 14.8 Å². The third kappa shape index (κ3) is 4.75. The lowest BCUT2D eigenvalue weighted by Crippen LogP contribution is -2.48. The van der Waals surface area contributed by atoms with Gasteiger partial charge in [-0.2, -0.15) is 0 Å². The molecule has 0 saturated carbocycles. The van der Waals surface area contributed by atoms with Gasteiger partial charge in [0.2, 0.25) is 0 Å². The van der Waals surface area contributed by atoms with E-state index in [4.69, 9.17) is 15.9 Å². The predicted molar refractivity (Wildman–Crippen MR) is 88.8 cm³/mol. The van der Waals surface area contributed by atoms with E-state index >= 15 is 0 Å². The van der Waals surface area contributed by atoms with Crippen LogP contribution in [0, 0.1) is 12.3 Å². The second kappa shape index (κ2) is 8.23. The Morgan fingerprint density at radius 1 is 1.26 bits per heavy atom. The second-order valence-corrected chi connectivity index (χ2v) is 5.19. The Morgan fingerprint density at radius 3 is 2.39 bits per heavy atom. The number of carbonyl (C=O) groups excluding carboxylic acids is 2. The summed E-state index contributed by atoms with van der Waals surface area (Å²) in [5.74, 6) is 3.06. The Bertz CT molecular complexity index is 612. The summed E-state index contributed by atoms with van der Waals surface area (Å²) in [5.41, 5.74) is -0.134. The van der Waals surface area contributed by atoms with Gasteiger partial charge in [0, 0.05) is 5.56 Å². The highest BCUT2D eigenvalue weighted by molar-refractivity contribution is 5.94. The summed E-state index contributed by atoms with van der Waals surface area (Å²) in [6, 6.07) is 4.82. The molecule has 0 radical (unpaired) electrons. The number of nitrogens with one attached hydrogen (secondary N) is 1. The Hall–Kier alpha value is -2.48. The zero-order valence-corrected chi connectivity index (χ0v) is 14.1. The fourth-order valence-electron chi connectivity index (χ4n) is 2.12. The molecule has 1 rings (SSSR count). The van der Waals surface area contributed by atoms with Crippen molar-refractivity contribution in [3.05, 3.63) is 23.8 Å². The van der Waals surface area contributed by atoms with Crippen molar-refractivity contribution in [2.24, 2.45) is 0 Å². The number of ether oxygens (including phenoxy) is 2. The SMILES string of the molecule is C#CC(CC)(CC)NC(=O)COc1ccc(C(C)=O)cc1OC. The minimum Gasteiger partial charge on any atom is -0.493 e. The van der Waals surface area contributed by atoms with Crippen molar-refractivity contribution in [3.63, 3.8) is 0 Å². The third-order valence-electron chi connectivity index (χ3n) is 3.79. The van der Waals surface area contributed by atoms with Gasteiger partial charge < -0.3 is 14.8 Å². The van der Waals surface area contributed by atoms with Crippen molar-refractivity contribution in [1.82, 2.24) is 5.32 Å². The molecule has 0 fully saturated rings. The van der Waals surface area contributed by atoms with Crippen molar-refractivity contribution in [1.29, 1.82) is 0 Å². The van der Waals surface area contributed by atoms with Crippen LogP contribution in [0.5, 0.6) is 11.5 Å². The molecular weight excluding hydrogens is 294 g/mol. The maximum Gasteiger partial charge on any atom is 0.259 e. The topological polar surface area (TPSA) is 64.6 Å². The molecule has 0 unspecified atom stereocenters. The quantitative estimate of drug-likeness (QED) is 0.591. The molecular formula is C18H23NO4. The van der Waals surface area contributed by atoms with Crippen LogP contribution in [0.15, 0.2) is 18.2 Å². The van der Waals surface area contributed by atoms with Gasteiger partial charge in [-0.3, -0.25) is 9.59 Å². The van der Waals surface area contributed by atoms with Gasteiger partial charge in [-0.05, 0) is 38.0 Å². The minimum atomic E-state index is -0.650. The molecule has 0 saturated heterocycles. The Labute approximate surface area is 137 Å². The summed E-state index contributed by atoms with van der Waals surface area (Å²) in [4.78, 5) is 23.4. The normalized spacial score (nSPS) is 10.6. The average Bonchev–Trinajstić information content (AvgIpc) is 2.57. The summed E-state index contributed by atoms with van der Waals surface area (Å²) in [6.07, 6.45) is 6.80. The summed E-state index contributed by atoms with van der Waals surface area (Å²) in [5, 5.41) is 2.82. The van der Waals surface area contributed by atoms with Crippen molar-refractivity contribution in [2.75, 3.05) is 13.7 Å². The molecule has 5 heteroatoms. The highest BCUT2D eigenvalue weighted by atomic mass is 16.5. The monoisotopic (exact) mass is 317 g/mol. The number of amides is 1. The van der Waals surface area contributed by atoms with E-state index in [1.807, 2.05) is 13.8 Å². The van der Waals surface area contributed by atoms with Crippen LogP contribution in [0.2, 0.25) is 0 Å². The van der Waals surface area contributed by atoms with Crippen LogP contribution in [-0.4, -0.2) is 30.9 Å². The van der Waals surface area contributed by atoms with Gasteiger partial charge in [-0.25, -0.2) is 0 Å². The van der Waals surface area contributed by atoms with Crippen molar-refractivity contribution in [3.8, 4) is 23.8 Å². The van der Waals surface area contributed by atoms with Crippen LogP contribution in [0.3, 0.4) is 0 Å². The first kappa shape index (κ1) is 18.6. The van der Waals surface area contributed by atoms with Crippen LogP contribution in [0.1, 0.15) is 44.0 Å². The molecule has 0 spiro atoms. The Balaban J connectivity index is 2.77. The van der Waals surface area contributed by atoms with Gasteiger partial charge in [-0.1, -0.05) is 19.8 Å². The van der Waals surface area contributed by atoms with Crippen molar-refractivity contribution < 1.29 is 19.1 Å². The maximum absolute atomic E-state index is 12.1. The Kier molecular flexibility index (Phi) is 6.65. The summed E-state index contributed by atoms with van der Waals surface area (Å²) in [7, 11) is 1.48. The number of carbonyl (C=O) groups is 2. The zero-order valence-electron chi connectivity index (χ0n) is 14.1. The molecule has 1 aromatic rings. The molecule has 1 aromatic carbocycles. The fourth-order valence-corrected chi connectivity index (χ4v) is 2.12. The van der Waals surface area contributed by atoms with Crippen LogP contribution in [0.25, 0.3) is 0 Å². The summed E-state index contributed by atoms with van der Waals surface area (Å²) < 4.78 is 10.7. The lowest BCUT2D eigenvalue weighted by atomic mass is 9.94. The lowest BCUT2D eigenvalue weighted by molar-refractivity contribution is -0.124. The molecule has 0 atom stereocenters. The van der Waals surface area contributed by atoms with Crippen LogP contribution in [0.4, 0.5) is 0 Å². The number of hydrogen-bond donors (Lipinski definition) is 1. The van der Waals surface area contributed by atoms with E-state index in [1.165, 1.54) is 14.0 Å². The second-order valence-electron chi connectivity index (χ2n) is 5.19. The van der Waals surface area contributed by atoms with Gasteiger partial charge in [0.05, 0.1) is 7.11 Å². The summed E-state index contributed by atoms with van der Waals surface area (Å²) >= 11 is 0. The van der Waals surface area contributed by atoms with E-state index in [0.717, 1.165) is 0 Å². The van der Waals surface area contributed by atoms with E-state index in [-0.39, 0.29) is 18.3 Å². The van der Waals surface area contributed by atoms with E-state index in [2.05, 4.69) is 11.2 Å². The van der Waals surface area contributed by atoms with Crippen molar-refractivity contribution in [2.45, 2.75) is 39.2 Å². The largest absolute Gasteiger partial charge is 0.493 e. The maximum atomic E-state index is 12.1. The molecule has 0 aliphatic carbocycles. The highest BCUT2D eigenvalue weighted by Gasteiger charge is 2.25. The first-order valence-corrected chi connectivity index (χ1v) is 7.52. The number of benzene rings is 1. The van der Waals surface area contributed by atoms with E-state index in [0.29, 0.717) is 29.9 Å². The van der Waals surface area contributed by atoms with Gasteiger partial charge in [0.1, 0.15) is 5.54 Å². The van der Waals surface area contributed by atoms with Gasteiger partial charge in [0.15, 0.2) is 23.9 Å². The number of terminal acetylenes is 1. The molecule has 124 valence electrons. The summed E-state index contributed by atoms with van der Waals surface area (Å²) in [6.45, 7) is 5.14. The zero-order chi connectivity index (χ0) is 17.5. The number of ketones is 1. The number of hydrogen-bond acceptors (Lipinski definition) is 4. The van der Waals surface area contributed by atoms with E-state index in [1.54, 1.807) is 18.2 Å². The fraction of sp³-hybridized carbons (Fsp3) is 0.444. The predicted octanol–water partition coefficient (Wildman–Crippen LogP) is 2.58. The molecule has 0 aliphatic heterocycles. The molecule has 23 heavy (non-hydrogen) atoms. The van der Waals surface area contributed by atoms with Gasteiger partial charge >= 0.3 is 0 Å². The lowest BCUT2D eigenvalue weighted by Gasteiger charge is -2.27. The number of Topliss-reactive ketones (excluding diaryl/α,β-unsaturated/α-hetero) is 1. The number of methoxy groups -OCH3 is 1. The molecule has 0 aromatic heterocycles. The average molecular weight is 317 g/mol. The number of rotatable bonds is 8. The first-order valence-electron chi connectivity index (χ1n) is 7.52. The smallest absolute Gasteiger partial charge is 0.259 e. The minimum absolute atomic E-state index is 0.0720. The first-order chi connectivity index (χ1) is 10.9. The van der Waals surface area contributed by atoms with Gasteiger partial charge in [0.25, 0.3) is 5.91 Å². The molecule has 0 aliphatic rings. The standard InChI is InChI=1S/C18H23NO4/c1-6-18(7-2,8-3)19-17(21)12-23-15-10-9-14(13(4)20)11-16(15)22-5/h1,9-11H,7-8,12H2,2-5H3,(H,19,21). The van der Waals surface area contributed by atoms with E-state index < -0.39 is 5.54 Å². The van der Waals surface area contributed by atoms with Crippen LogP contribution >= 0.6 is 0 Å². The molecule has 0 heterocycles. The third-order valence-corrected chi connectivity index (χ3v) is 3.79. The Morgan fingerprint density at radius 2 is 1.91 bits per heavy atom. The molecule has 0 bridgehead atoms. The van der Waals surface area contributed by atoms with E-state index in [9.17, 15) is 9.59 Å². The van der Waals surface area contributed by atoms with Crippen LogP contribution in [-0.2, 0) is 4.79 Å². The molecule has 5 nitrogen and oxygen atoms in total. The molecule has 1 amide bonds. The van der Waals surface area contributed by atoms with Crippen molar-refractivity contribution >= 4 is 11.7 Å². The van der Waals surface area contributed by atoms with Gasteiger partial charge in [-0.15, -0.1) is 6.42 Å². The highest BCUT2D eigenvalue weighted by Crippen LogP contribution is 2.28. The molecule has 1 N–H and O–H groups in total.